The Labute approximate surface area is 146 Å². The van der Waals surface area contributed by atoms with Crippen LogP contribution in [-0.4, -0.2) is 78.4 Å². The summed E-state index contributed by atoms with van der Waals surface area (Å²) in [7, 11) is 0. The first-order valence-electron chi connectivity index (χ1n) is 9.64. The van der Waals surface area contributed by atoms with E-state index in [9.17, 15) is 9.59 Å². The molecule has 0 spiro atoms. The predicted molar refractivity (Wildman–Crippen MR) is 95.6 cm³/mol. The summed E-state index contributed by atoms with van der Waals surface area (Å²) in [6.45, 7) is 7.68. The number of hydrogen-bond acceptors (Lipinski definition) is 4. The van der Waals surface area contributed by atoms with Gasteiger partial charge in [-0.3, -0.25) is 14.5 Å². The van der Waals surface area contributed by atoms with Crippen LogP contribution in [0.1, 0.15) is 51.9 Å². The number of likely N-dealkylation sites (tertiary alicyclic amines) is 1. The van der Waals surface area contributed by atoms with Crippen molar-refractivity contribution in [1.29, 1.82) is 0 Å². The summed E-state index contributed by atoms with van der Waals surface area (Å²) in [5.74, 6) is 0.521. The molecule has 2 heterocycles. The maximum absolute atomic E-state index is 12.5. The molecule has 2 fully saturated rings. The molecule has 0 radical (unpaired) electrons. The molecule has 2 saturated heterocycles. The Morgan fingerprint density at radius 3 is 2.12 bits per heavy atom. The van der Waals surface area contributed by atoms with Crippen molar-refractivity contribution in [2.75, 3.05) is 45.8 Å². The quantitative estimate of drug-likeness (QED) is 0.672. The number of carbonyl (C=O) groups is 2. The van der Waals surface area contributed by atoms with Crippen LogP contribution in [0.25, 0.3) is 0 Å². The SMILES string of the molecule is CC(C(=O)N1CCCC1)N1CCN(C(=O)CCCCCCN)CC1. The van der Waals surface area contributed by atoms with Gasteiger partial charge in [0.2, 0.25) is 11.8 Å². The Bertz CT molecular complexity index is 402. The zero-order valence-electron chi connectivity index (χ0n) is 15.2. The van der Waals surface area contributed by atoms with E-state index in [1.54, 1.807) is 0 Å². The van der Waals surface area contributed by atoms with Gasteiger partial charge in [0.1, 0.15) is 0 Å². The summed E-state index contributed by atoms with van der Waals surface area (Å²) in [4.78, 5) is 30.9. The van der Waals surface area contributed by atoms with Gasteiger partial charge in [0.15, 0.2) is 0 Å². The molecule has 24 heavy (non-hydrogen) atoms. The van der Waals surface area contributed by atoms with Gasteiger partial charge in [0.05, 0.1) is 6.04 Å². The number of nitrogens with zero attached hydrogens (tertiary/aromatic N) is 3. The van der Waals surface area contributed by atoms with Crippen LogP contribution in [0.3, 0.4) is 0 Å². The minimum atomic E-state index is -0.0587. The third-order valence-corrected chi connectivity index (χ3v) is 5.33. The molecular weight excluding hydrogens is 304 g/mol. The number of carbonyl (C=O) groups excluding carboxylic acids is 2. The lowest BCUT2D eigenvalue weighted by Gasteiger charge is -2.38. The van der Waals surface area contributed by atoms with Crippen molar-refractivity contribution < 1.29 is 9.59 Å². The van der Waals surface area contributed by atoms with Gasteiger partial charge in [-0.1, -0.05) is 12.8 Å². The van der Waals surface area contributed by atoms with E-state index in [4.69, 9.17) is 5.73 Å². The molecule has 2 N–H and O–H groups in total. The Kier molecular flexibility index (Phi) is 7.99. The minimum absolute atomic E-state index is 0.0587. The highest BCUT2D eigenvalue weighted by molar-refractivity contribution is 5.81. The summed E-state index contributed by atoms with van der Waals surface area (Å²) in [5, 5.41) is 0. The topological polar surface area (TPSA) is 69.9 Å². The van der Waals surface area contributed by atoms with Crippen molar-refractivity contribution in [2.24, 2.45) is 5.73 Å². The van der Waals surface area contributed by atoms with E-state index in [0.29, 0.717) is 6.42 Å². The normalized spacial score (nSPS) is 20.4. The third-order valence-electron chi connectivity index (χ3n) is 5.33. The fraction of sp³-hybridized carbons (Fsp3) is 0.889. The van der Waals surface area contributed by atoms with Crippen LogP contribution in [0.2, 0.25) is 0 Å². The van der Waals surface area contributed by atoms with Gasteiger partial charge in [-0.25, -0.2) is 0 Å². The molecule has 2 rings (SSSR count). The zero-order valence-corrected chi connectivity index (χ0v) is 15.2. The van der Waals surface area contributed by atoms with Crippen molar-refractivity contribution in [3.63, 3.8) is 0 Å². The lowest BCUT2D eigenvalue weighted by molar-refractivity contribution is -0.138. The second-order valence-electron chi connectivity index (χ2n) is 7.08. The molecule has 0 saturated carbocycles. The van der Waals surface area contributed by atoms with Gasteiger partial charge in [-0.05, 0) is 39.2 Å². The highest BCUT2D eigenvalue weighted by Crippen LogP contribution is 2.14. The molecule has 0 aromatic rings. The summed E-state index contributed by atoms with van der Waals surface area (Å²) < 4.78 is 0. The van der Waals surface area contributed by atoms with E-state index in [2.05, 4.69) is 4.90 Å². The number of hydrogen-bond donors (Lipinski definition) is 1. The molecule has 0 aromatic heterocycles. The highest BCUT2D eigenvalue weighted by Gasteiger charge is 2.30. The van der Waals surface area contributed by atoms with E-state index in [1.807, 2.05) is 16.7 Å². The largest absolute Gasteiger partial charge is 0.341 e. The number of amides is 2. The van der Waals surface area contributed by atoms with Crippen molar-refractivity contribution in [1.82, 2.24) is 14.7 Å². The third kappa shape index (κ3) is 5.45. The maximum Gasteiger partial charge on any atom is 0.239 e. The smallest absolute Gasteiger partial charge is 0.239 e. The highest BCUT2D eigenvalue weighted by atomic mass is 16.2. The average Bonchev–Trinajstić information content (AvgIpc) is 3.15. The summed E-state index contributed by atoms with van der Waals surface area (Å²) in [6, 6.07) is -0.0587. The lowest BCUT2D eigenvalue weighted by atomic mass is 10.1. The van der Waals surface area contributed by atoms with Gasteiger partial charge >= 0.3 is 0 Å². The molecule has 6 nitrogen and oxygen atoms in total. The number of rotatable bonds is 8. The fourth-order valence-corrected chi connectivity index (χ4v) is 3.65. The Hall–Kier alpha value is -1.14. The predicted octanol–water partition coefficient (Wildman–Crippen LogP) is 1.05. The van der Waals surface area contributed by atoms with E-state index >= 15 is 0 Å². The van der Waals surface area contributed by atoms with Gasteiger partial charge in [-0.2, -0.15) is 0 Å². The lowest BCUT2D eigenvalue weighted by Crippen LogP contribution is -2.55. The van der Waals surface area contributed by atoms with Crippen molar-refractivity contribution >= 4 is 11.8 Å². The number of nitrogens with two attached hydrogens (primary N) is 1. The molecular formula is C18H34N4O2. The fourth-order valence-electron chi connectivity index (χ4n) is 3.65. The van der Waals surface area contributed by atoms with E-state index in [-0.39, 0.29) is 17.9 Å². The van der Waals surface area contributed by atoms with Crippen molar-refractivity contribution in [3.8, 4) is 0 Å². The molecule has 0 aliphatic carbocycles. The summed E-state index contributed by atoms with van der Waals surface area (Å²) >= 11 is 0. The first kappa shape index (κ1) is 19.2. The van der Waals surface area contributed by atoms with Crippen molar-refractivity contribution in [2.45, 2.75) is 57.9 Å². The molecule has 2 aliphatic rings. The van der Waals surface area contributed by atoms with Crippen LogP contribution in [0.5, 0.6) is 0 Å². The van der Waals surface area contributed by atoms with E-state index < -0.39 is 0 Å². The zero-order chi connectivity index (χ0) is 17.4. The van der Waals surface area contributed by atoms with Crippen LogP contribution >= 0.6 is 0 Å². The van der Waals surface area contributed by atoms with Crippen molar-refractivity contribution in [3.05, 3.63) is 0 Å². The molecule has 0 aromatic carbocycles. The van der Waals surface area contributed by atoms with Crippen LogP contribution in [0.15, 0.2) is 0 Å². The van der Waals surface area contributed by atoms with Crippen LogP contribution in [-0.2, 0) is 9.59 Å². The van der Waals surface area contributed by atoms with Gasteiger partial charge in [0.25, 0.3) is 0 Å². The van der Waals surface area contributed by atoms with E-state index in [0.717, 1.165) is 84.3 Å². The number of piperazine rings is 1. The summed E-state index contributed by atoms with van der Waals surface area (Å²) in [5.41, 5.74) is 5.48. The second kappa shape index (κ2) is 9.99. The van der Waals surface area contributed by atoms with Gasteiger partial charge in [-0.15, -0.1) is 0 Å². The average molecular weight is 338 g/mol. The maximum atomic E-state index is 12.5. The summed E-state index contributed by atoms with van der Waals surface area (Å²) in [6.07, 6.45) is 7.13. The molecule has 2 aliphatic heterocycles. The first-order chi connectivity index (χ1) is 11.6. The molecule has 2 amide bonds. The molecule has 6 heteroatoms. The molecule has 1 atom stereocenters. The van der Waals surface area contributed by atoms with Crippen LogP contribution < -0.4 is 5.73 Å². The van der Waals surface area contributed by atoms with Crippen LogP contribution in [0, 0.1) is 0 Å². The van der Waals surface area contributed by atoms with Gasteiger partial charge in [0, 0.05) is 45.7 Å². The minimum Gasteiger partial charge on any atom is -0.341 e. The Morgan fingerprint density at radius 2 is 1.50 bits per heavy atom. The monoisotopic (exact) mass is 338 g/mol. The molecule has 1 unspecified atom stereocenters. The Morgan fingerprint density at radius 1 is 0.875 bits per heavy atom. The molecule has 0 bridgehead atoms. The second-order valence-corrected chi connectivity index (χ2v) is 7.08. The Balaban J connectivity index is 1.66. The number of unbranched alkanes of at least 4 members (excludes halogenated alkanes) is 3. The van der Waals surface area contributed by atoms with Gasteiger partial charge < -0.3 is 15.5 Å². The molecule has 138 valence electrons. The van der Waals surface area contributed by atoms with E-state index in [1.165, 1.54) is 0 Å². The first-order valence-corrected chi connectivity index (χ1v) is 9.64. The standard InChI is InChI=1S/C18H34N4O2/c1-16(18(24)22-10-6-7-11-22)20-12-14-21(15-13-20)17(23)8-4-2-3-5-9-19/h16H,2-15,19H2,1H3. The van der Waals surface area contributed by atoms with Crippen LogP contribution in [0.4, 0.5) is 0 Å².